The summed E-state index contributed by atoms with van der Waals surface area (Å²) in [5.74, 6) is 5.83. The number of hydrogen-bond acceptors (Lipinski definition) is 4. The van der Waals surface area contributed by atoms with Crippen molar-refractivity contribution in [3.8, 4) is 0 Å². The van der Waals surface area contributed by atoms with Crippen LogP contribution in [0.3, 0.4) is 0 Å². The summed E-state index contributed by atoms with van der Waals surface area (Å²) in [6.45, 7) is 0. The Hall–Kier alpha value is -1.78. The van der Waals surface area contributed by atoms with Gasteiger partial charge in [-0.25, -0.2) is 9.97 Å². The van der Waals surface area contributed by atoms with Crippen LogP contribution in [0.15, 0.2) is 49.1 Å². The SMILES string of the molecule is NNC(c1cncnc1)C1(c2ccccc2)CCC1. The van der Waals surface area contributed by atoms with Crippen molar-refractivity contribution in [2.24, 2.45) is 5.84 Å². The van der Waals surface area contributed by atoms with Crippen molar-refractivity contribution < 1.29 is 0 Å². The van der Waals surface area contributed by atoms with E-state index in [9.17, 15) is 0 Å². The van der Waals surface area contributed by atoms with Gasteiger partial charge >= 0.3 is 0 Å². The van der Waals surface area contributed by atoms with Gasteiger partial charge < -0.3 is 0 Å². The molecule has 0 amide bonds. The average molecular weight is 254 g/mol. The van der Waals surface area contributed by atoms with E-state index < -0.39 is 0 Å². The molecule has 1 aliphatic rings. The predicted octanol–water partition coefficient (Wildman–Crippen LogP) is 2.10. The van der Waals surface area contributed by atoms with Gasteiger partial charge in [-0.3, -0.25) is 11.3 Å². The Morgan fingerprint density at radius 3 is 2.32 bits per heavy atom. The molecule has 1 aliphatic carbocycles. The monoisotopic (exact) mass is 254 g/mol. The third-order valence-electron chi connectivity index (χ3n) is 4.23. The molecule has 1 heterocycles. The maximum Gasteiger partial charge on any atom is 0.115 e. The number of aromatic nitrogens is 2. The molecule has 0 saturated heterocycles. The largest absolute Gasteiger partial charge is 0.271 e. The fourth-order valence-electron chi connectivity index (χ4n) is 3.11. The summed E-state index contributed by atoms with van der Waals surface area (Å²) in [4.78, 5) is 8.22. The summed E-state index contributed by atoms with van der Waals surface area (Å²) < 4.78 is 0. The highest BCUT2D eigenvalue weighted by molar-refractivity contribution is 5.34. The van der Waals surface area contributed by atoms with Crippen LogP contribution in [-0.4, -0.2) is 9.97 Å². The van der Waals surface area contributed by atoms with Crippen molar-refractivity contribution >= 4 is 0 Å². The molecule has 0 radical (unpaired) electrons. The Morgan fingerprint density at radius 2 is 1.79 bits per heavy atom. The maximum absolute atomic E-state index is 5.83. The standard InChI is InChI=1S/C15H18N4/c16-19-14(12-9-17-11-18-10-12)15(7-4-8-15)13-5-2-1-3-6-13/h1-3,5-6,9-11,14,19H,4,7-8,16H2. The maximum atomic E-state index is 5.83. The lowest BCUT2D eigenvalue weighted by Crippen LogP contribution is -2.49. The Labute approximate surface area is 113 Å². The first-order valence-electron chi connectivity index (χ1n) is 6.63. The zero-order valence-electron chi connectivity index (χ0n) is 10.8. The number of rotatable bonds is 4. The summed E-state index contributed by atoms with van der Waals surface area (Å²) in [5.41, 5.74) is 5.44. The van der Waals surface area contributed by atoms with E-state index in [1.165, 1.54) is 12.0 Å². The molecule has 1 unspecified atom stereocenters. The van der Waals surface area contributed by atoms with Gasteiger partial charge in [0.25, 0.3) is 0 Å². The second-order valence-corrected chi connectivity index (χ2v) is 5.15. The van der Waals surface area contributed by atoms with Gasteiger partial charge in [-0.15, -0.1) is 0 Å². The van der Waals surface area contributed by atoms with Gasteiger partial charge in [0, 0.05) is 23.4 Å². The lowest BCUT2D eigenvalue weighted by atomic mass is 9.59. The Morgan fingerprint density at radius 1 is 1.11 bits per heavy atom. The number of nitrogens with one attached hydrogen (secondary N) is 1. The number of nitrogens with two attached hydrogens (primary N) is 1. The number of benzene rings is 1. The van der Waals surface area contributed by atoms with Gasteiger partial charge in [0.1, 0.15) is 6.33 Å². The van der Waals surface area contributed by atoms with E-state index in [4.69, 9.17) is 5.84 Å². The third-order valence-corrected chi connectivity index (χ3v) is 4.23. The van der Waals surface area contributed by atoms with E-state index in [1.807, 2.05) is 18.5 Å². The number of hydrazine groups is 1. The third kappa shape index (κ3) is 2.03. The van der Waals surface area contributed by atoms with Crippen molar-refractivity contribution in [2.75, 3.05) is 0 Å². The predicted molar refractivity (Wildman–Crippen MR) is 74.1 cm³/mol. The second-order valence-electron chi connectivity index (χ2n) is 5.15. The molecule has 0 spiro atoms. The van der Waals surface area contributed by atoms with Gasteiger partial charge in [0.2, 0.25) is 0 Å². The van der Waals surface area contributed by atoms with Crippen molar-refractivity contribution in [1.82, 2.24) is 15.4 Å². The summed E-state index contributed by atoms with van der Waals surface area (Å²) in [7, 11) is 0. The molecule has 3 rings (SSSR count). The molecule has 0 bridgehead atoms. The van der Waals surface area contributed by atoms with Crippen LogP contribution in [0.2, 0.25) is 0 Å². The molecular weight excluding hydrogens is 236 g/mol. The minimum absolute atomic E-state index is 0.0600. The van der Waals surface area contributed by atoms with E-state index in [1.54, 1.807) is 6.33 Å². The quantitative estimate of drug-likeness (QED) is 0.648. The fraction of sp³-hybridized carbons (Fsp3) is 0.333. The van der Waals surface area contributed by atoms with E-state index in [0.717, 1.165) is 18.4 Å². The highest BCUT2D eigenvalue weighted by Crippen LogP contribution is 2.51. The molecule has 4 nitrogen and oxygen atoms in total. The molecule has 1 aromatic heterocycles. The van der Waals surface area contributed by atoms with E-state index in [2.05, 4.69) is 39.7 Å². The second kappa shape index (κ2) is 5.07. The Balaban J connectivity index is 2.01. The smallest absolute Gasteiger partial charge is 0.115 e. The van der Waals surface area contributed by atoms with Gasteiger partial charge in [-0.05, 0) is 18.4 Å². The number of nitrogens with zero attached hydrogens (tertiary/aromatic N) is 2. The molecule has 0 aliphatic heterocycles. The van der Waals surface area contributed by atoms with Crippen molar-refractivity contribution in [2.45, 2.75) is 30.7 Å². The first kappa shape index (κ1) is 12.3. The van der Waals surface area contributed by atoms with Gasteiger partial charge in [0.05, 0.1) is 6.04 Å². The molecule has 98 valence electrons. The lowest BCUT2D eigenvalue weighted by molar-refractivity contribution is 0.169. The van der Waals surface area contributed by atoms with Gasteiger partial charge in [-0.1, -0.05) is 36.8 Å². The van der Waals surface area contributed by atoms with E-state index in [0.29, 0.717) is 0 Å². The molecular formula is C15H18N4. The molecule has 3 N–H and O–H groups in total. The molecule has 2 aromatic rings. The van der Waals surface area contributed by atoms with Crippen molar-refractivity contribution in [3.05, 3.63) is 60.2 Å². The zero-order chi connectivity index (χ0) is 13.1. The minimum Gasteiger partial charge on any atom is -0.271 e. The first-order valence-corrected chi connectivity index (χ1v) is 6.63. The normalized spacial score (nSPS) is 18.6. The molecule has 1 aromatic carbocycles. The Kier molecular flexibility index (Phi) is 3.27. The van der Waals surface area contributed by atoms with E-state index >= 15 is 0 Å². The zero-order valence-corrected chi connectivity index (χ0v) is 10.8. The molecule has 1 atom stereocenters. The fourth-order valence-corrected chi connectivity index (χ4v) is 3.11. The first-order chi connectivity index (χ1) is 9.37. The van der Waals surface area contributed by atoms with Crippen LogP contribution < -0.4 is 11.3 Å². The van der Waals surface area contributed by atoms with Gasteiger partial charge in [0.15, 0.2) is 0 Å². The molecule has 19 heavy (non-hydrogen) atoms. The summed E-state index contributed by atoms with van der Waals surface area (Å²) in [6, 6.07) is 10.7. The molecule has 4 heteroatoms. The highest BCUT2D eigenvalue weighted by Gasteiger charge is 2.45. The summed E-state index contributed by atoms with van der Waals surface area (Å²) >= 11 is 0. The summed E-state index contributed by atoms with van der Waals surface area (Å²) in [6.07, 6.45) is 8.76. The average Bonchev–Trinajstić information content (AvgIpc) is 2.44. The van der Waals surface area contributed by atoms with Crippen LogP contribution in [0.5, 0.6) is 0 Å². The van der Waals surface area contributed by atoms with Crippen molar-refractivity contribution in [1.29, 1.82) is 0 Å². The topological polar surface area (TPSA) is 63.8 Å². The highest BCUT2D eigenvalue weighted by atomic mass is 15.2. The van der Waals surface area contributed by atoms with Crippen LogP contribution in [0.4, 0.5) is 0 Å². The van der Waals surface area contributed by atoms with Crippen LogP contribution in [0.25, 0.3) is 0 Å². The van der Waals surface area contributed by atoms with Crippen LogP contribution in [-0.2, 0) is 5.41 Å². The van der Waals surface area contributed by atoms with Crippen LogP contribution in [0, 0.1) is 0 Å². The number of hydrogen-bond donors (Lipinski definition) is 2. The van der Waals surface area contributed by atoms with Crippen molar-refractivity contribution in [3.63, 3.8) is 0 Å². The van der Waals surface area contributed by atoms with E-state index in [-0.39, 0.29) is 11.5 Å². The van der Waals surface area contributed by atoms with Crippen LogP contribution >= 0.6 is 0 Å². The van der Waals surface area contributed by atoms with Crippen LogP contribution in [0.1, 0.15) is 36.4 Å². The molecule has 1 saturated carbocycles. The molecule has 1 fully saturated rings. The Bertz CT molecular complexity index is 522. The summed E-state index contributed by atoms with van der Waals surface area (Å²) in [5, 5.41) is 0. The van der Waals surface area contributed by atoms with Gasteiger partial charge in [-0.2, -0.15) is 0 Å². The minimum atomic E-state index is 0.0600. The lowest BCUT2D eigenvalue weighted by Gasteiger charge is -2.48.